The van der Waals surface area contributed by atoms with E-state index in [1.54, 1.807) is 24.3 Å². The van der Waals surface area contributed by atoms with Gasteiger partial charge in [-0.05, 0) is 74.7 Å². The molecule has 186 valence electrons. The molecule has 2 N–H and O–H groups in total. The van der Waals surface area contributed by atoms with Crippen molar-refractivity contribution in [1.82, 2.24) is 35.1 Å². The molecular formula is C22H28FN9O2S. The van der Waals surface area contributed by atoms with Gasteiger partial charge in [0.05, 0.1) is 11.9 Å². The number of hydrogen-bond donors (Lipinski definition) is 2. The Balaban J connectivity index is 1.35. The Hall–Kier alpha value is -3.19. The summed E-state index contributed by atoms with van der Waals surface area (Å²) in [6.07, 6.45) is 6.39. The summed E-state index contributed by atoms with van der Waals surface area (Å²) in [4.78, 5) is 11.0. The van der Waals surface area contributed by atoms with Gasteiger partial charge in [0.15, 0.2) is 11.6 Å². The SMILES string of the molecule is CC1(C)CC(Nc2nc(Nc3cccc(-n4nnnc4S(C)(=O)=O)c3)ncc2F)CC2CCCN21. The van der Waals surface area contributed by atoms with Crippen molar-refractivity contribution in [3.05, 3.63) is 36.3 Å². The lowest BCUT2D eigenvalue weighted by molar-refractivity contribution is 0.0500. The fraction of sp³-hybridized carbons (Fsp3) is 0.500. The molecule has 35 heavy (non-hydrogen) atoms. The highest BCUT2D eigenvalue weighted by Crippen LogP contribution is 2.38. The number of rotatable bonds is 6. The van der Waals surface area contributed by atoms with Gasteiger partial charge in [-0.25, -0.2) is 17.8 Å². The third-order valence-electron chi connectivity index (χ3n) is 6.66. The first-order chi connectivity index (χ1) is 16.6. The molecule has 2 saturated heterocycles. The van der Waals surface area contributed by atoms with E-state index >= 15 is 0 Å². The van der Waals surface area contributed by atoms with Crippen molar-refractivity contribution in [2.24, 2.45) is 0 Å². The van der Waals surface area contributed by atoms with Crippen LogP contribution in [0.5, 0.6) is 0 Å². The summed E-state index contributed by atoms with van der Waals surface area (Å²) in [7, 11) is -3.62. The van der Waals surface area contributed by atoms with Crippen LogP contribution in [-0.4, -0.2) is 73.9 Å². The normalized spacial score (nSPS) is 22.1. The van der Waals surface area contributed by atoms with E-state index in [4.69, 9.17) is 0 Å². The van der Waals surface area contributed by atoms with Crippen molar-refractivity contribution in [1.29, 1.82) is 0 Å². The van der Waals surface area contributed by atoms with Gasteiger partial charge in [0.1, 0.15) is 0 Å². The van der Waals surface area contributed by atoms with Gasteiger partial charge in [-0.15, -0.1) is 0 Å². The van der Waals surface area contributed by atoms with Gasteiger partial charge in [-0.1, -0.05) is 11.2 Å². The smallest absolute Gasteiger partial charge is 0.272 e. The zero-order valence-electron chi connectivity index (χ0n) is 19.8. The molecule has 0 radical (unpaired) electrons. The molecule has 11 nitrogen and oxygen atoms in total. The van der Waals surface area contributed by atoms with Crippen LogP contribution in [0.3, 0.4) is 0 Å². The Morgan fingerprint density at radius 1 is 1.26 bits per heavy atom. The number of piperidine rings is 1. The average molecular weight is 502 g/mol. The van der Waals surface area contributed by atoms with E-state index in [2.05, 4.69) is 54.9 Å². The topological polar surface area (TPSA) is 131 Å². The van der Waals surface area contributed by atoms with Gasteiger partial charge in [0.2, 0.25) is 15.8 Å². The highest BCUT2D eigenvalue weighted by Gasteiger charge is 2.43. The molecule has 2 unspecified atom stereocenters. The number of tetrazole rings is 1. The molecule has 5 rings (SSSR count). The molecule has 0 spiro atoms. The van der Waals surface area contributed by atoms with Crippen LogP contribution in [-0.2, 0) is 9.84 Å². The molecular weight excluding hydrogens is 473 g/mol. The quantitative estimate of drug-likeness (QED) is 0.519. The third kappa shape index (κ3) is 4.82. The molecule has 1 aromatic carbocycles. The Bertz CT molecular complexity index is 1340. The summed E-state index contributed by atoms with van der Waals surface area (Å²) in [5, 5.41) is 16.9. The minimum Gasteiger partial charge on any atom is -0.365 e. The molecule has 0 saturated carbocycles. The van der Waals surface area contributed by atoms with Crippen molar-refractivity contribution in [2.75, 3.05) is 23.4 Å². The molecule has 0 bridgehead atoms. The second-order valence-electron chi connectivity index (χ2n) is 9.79. The highest BCUT2D eigenvalue weighted by molar-refractivity contribution is 7.90. The molecule has 0 aliphatic carbocycles. The number of nitrogens with zero attached hydrogens (tertiary/aromatic N) is 7. The first kappa shape index (κ1) is 23.5. The zero-order chi connectivity index (χ0) is 24.8. The maximum atomic E-state index is 14.6. The van der Waals surface area contributed by atoms with E-state index in [0.29, 0.717) is 17.4 Å². The lowest BCUT2D eigenvalue weighted by atomic mass is 9.84. The summed E-state index contributed by atoms with van der Waals surface area (Å²) in [5.41, 5.74) is 1.05. The van der Waals surface area contributed by atoms with Crippen molar-refractivity contribution in [2.45, 2.75) is 62.3 Å². The van der Waals surface area contributed by atoms with E-state index in [9.17, 15) is 12.8 Å². The number of halogens is 1. The van der Waals surface area contributed by atoms with Crippen LogP contribution >= 0.6 is 0 Å². The number of hydrogen-bond acceptors (Lipinski definition) is 10. The molecule has 2 aliphatic rings. The molecule has 2 fully saturated rings. The Labute approximate surface area is 203 Å². The van der Waals surface area contributed by atoms with Crippen LogP contribution in [0.25, 0.3) is 5.69 Å². The first-order valence-electron chi connectivity index (χ1n) is 11.5. The minimum absolute atomic E-state index is 0.0448. The predicted octanol–water partition coefficient (Wildman–Crippen LogP) is 2.56. The molecule has 2 atom stereocenters. The molecule has 13 heteroatoms. The predicted molar refractivity (Wildman–Crippen MR) is 128 cm³/mol. The van der Waals surface area contributed by atoms with E-state index in [0.717, 1.165) is 36.5 Å². The van der Waals surface area contributed by atoms with E-state index in [1.807, 2.05) is 0 Å². The van der Waals surface area contributed by atoms with Gasteiger partial charge >= 0.3 is 0 Å². The summed E-state index contributed by atoms with van der Waals surface area (Å²) >= 11 is 0. The minimum atomic E-state index is -3.62. The largest absolute Gasteiger partial charge is 0.365 e. The lowest BCUT2D eigenvalue weighted by Gasteiger charge is -2.47. The lowest BCUT2D eigenvalue weighted by Crippen LogP contribution is -2.55. The number of fused-ring (bicyclic) bond motifs is 1. The van der Waals surface area contributed by atoms with Gasteiger partial charge < -0.3 is 10.6 Å². The number of benzene rings is 1. The zero-order valence-corrected chi connectivity index (χ0v) is 20.6. The van der Waals surface area contributed by atoms with Crippen molar-refractivity contribution < 1.29 is 12.8 Å². The molecule has 3 aromatic rings. The first-order valence-corrected chi connectivity index (χ1v) is 13.4. The van der Waals surface area contributed by atoms with Crippen molar-refractivity contribution in [3.8, 4) is 5.69 Å². The molecule has 2 aliphatic heterocycles. The standard InChI is InChI=1S/C22H28FN9O2S/c1-22(2)12-15(11-16-8-5-9-31(16)22)25-19-18(23)13-24-20(27-19)26-14-6-4-7-17(10-14)32-21(28-29-30-32)35(3,33)34/h4,6-7,10,13,15-16H,5,8-9,11-12H2,1-3H3,(H2,24,25,26,27). The maximum Gasteiger partial charge on any atom is 0.272 e. The maximum absolute atomic E-state index is 14.6. The van der Waals surface area contributed by atoms with Gasteiger partial charge in [-0.2, -0.15) is 9.67 Å². The van der Waals surface area contributed by atoms with Crippen LogP contribution < -0.4 is 10.6 Å². The summed E-state index contributed by atoms with van der Waals surface area (Å²) in [5.74, 6) is -0.142. The van der Waals surface area contributed by atoms with E-state index in [-0.39, 0.29) is 28.5 Å². The Morgan fingerprint density at radius 3 is 2.89 bits per heavy atom. The number of nitrogens with one attached hydrogen (secondary N) is 2. The third-order valence-corrected chi connectivity index (χ3v) is 7.58. The fourth-order valence-corrected chi connectivity index (χ4v) is 5.90. The van der Waals surface area contributed by atoms with Crippen LogP contribution in [0.4, 0.5) is 21.8 Å². The number of anilines is 3. The van der Waals surface area contributed by atoms with Gasteiger partial charge in [0.25, 0.3) is 5.16 Å². The molecule has 2 aromatic heterocycles. The molecule has 4 heterocycles. The van der Waals surface area contributed by atoms with Crippen molar-refractivity contribution >= 4 is 27.3 Å². The highest BCUT2D eigenvalue weighted by atomic mass is 32.2. The Morgan fingerprint density at radius 2 is 2.09 bits per heavy atom. The number of aromatic nitrogens is 6. The monoisotopic (exact) mass is 501 g/mol. The van der Waals surface area contributed by atoms with Crippen LogP contribution in [0.15, 0.2) is 35.6 Å². The van der Waals surface area contributed by atoms with E-state index in [1.165, 1.54) is 12.8 Å². The molecule has 0 amide bonds. The Kier molecular flexibility index (Phi) is 5.91. The summed E-state index contributed by atoms with van der Waals surface area (Å²) in [6, 6.07) is 7.41. The summed E-state index contributed by atoms with van der Waals surface area (Å²) in [6.45, 7) is 5.61. The van der Waals surface area contributed by atoms with Crippen LogP contribution in [0.2, 0.25) is 0 Å². The second kappa shape index (κ2) is 8.79. The van der Waals surface area contributed by atoms with E-state index < -0.39 is 15.7 Å². The van der Waals surface area contributed by atoms with Crippen molar-refractivity contribution in [3.63, 3.8) is 0 Å². The average Bonchev–Trinajstić information content (AvgIpc) is 3.46. The fourth-order valence-electron chi connectivity index (χ4n) is 5.26. The van der Waals surface area contributed by atoms with Gasteiger partial charge in [0, 0.05) is 29.6 Å². The van der Waals surface area contributed by atoms with Gasteiger partial charge in [-0.3, -0.25) is 4.90 Å². The summed E-state index contributed by atoms with van der Waals surface area (Å²) < 4.78 is 39.7. The van der Waals surface area contributed by atoms with Crippen LogP contribution in [0, 0.1) is 5.82 Å². The van der Waals surface area contributed by atoms with Crippen LogP contribution in [0.1, 0.15) is 39.5 Å². The second-order valence-corrected chi connectivity index (χ2v) is 11.7. The number of sulfone groups is 1.